The van der Waals surface area contributed by atoms with Gasteiger partial charge in [-0.2, -0.15) is 0 Å². The van der Waals surface area contributed by atoms with Crippen molar-refractivity contribution in [3.8, 4) is 5.75 Å². The molecule has 1 aliphatic carbocycles. The SMILES string of the molecule is N=C(N)Nc1ccc(C(=O)Oc2ccc3c(c2)CCCC3CC(=O)N(CC(=O)O)Cc2ccc3sc(C(=O)N=O)cc3c2)cc1. The molecule has 1 aliphatic rings. The lowest BCUT2D eigenvalue weighted by atomic mass is 9.80. The van der Waals surface area contributed by atoms with Gasteiger partial charge < -0.3 is 25.8 Å². The number of nitrogens with zero attached hydrogens (tertiary/aromatic N) is 2. The number of nitrogens with one attached hydrogen (secondary N) is 2. The third kappa shape index (κ3) is 7.57. The Bertz CT molecular complexity index is 1820. The Labute approximate surface area is 261 Å². The minimum absolute atomic E-state index is 0.0619. The third-order valence-corrected chi connectivity index (χ3v) is 8.61. The number of nitrogens with two attached hydrogens (primary N) is 1. The average Bonchev–Trinajstić information content (AvgIpc) is 3.44. The first-order valence-electron chi connectivity index (χ1n) is 14.1. The molecule has 1 aromatic heterocycles. The summed E-state index contributed by atoms with van der Waals surface area (Å²) in [6.07, 6.45) is 2.43. The van der Waals surface area contributed by atoms with Crippen LogP contribution in [-0.4, -0.2) is 46.3 Å². The van der Waals surface area contributed by atoms with Crippen LogP contribution < -0.4 is 15.8 Å². The molecular weight excluding hydrogens is 598 g/mol. The Balaban J connectivity index is 1.27. The van der Waals surface area contributed by atoms with Gasteiger partial charge in [-0.1, -0.05) is 12.1 Å². The van der Waals surface area contributed by atoms with Gasteiger partial charge in [0.05, 0.1) is 10.4 Å². The second-order valence-electron chi connectivity index (χ2n) is 10.7. The molecule has 0 saturated carbocycles. The fraction of sp³-hybridized carbons (Fsp3) is 0.219. The summed E-state index contributed by atoms with van der Waals surface area (Å²) in [7, 11) is 0. The number of carboxylic acids is 1. The molecule has 2 amide bonds. The maximum atomic E-state index is 13.5. The van der Waals surface area contributed by atoms with Crippen molar-refractivity contribution < 1.29 is 29.0 Å². The first kappa shape index (κ1) is 31.0. The van der Waals surface area contributed by atoms with E-state index in [4.69, 9.17) is 15.9 Å². The lowest BCUT2D eigenvalue weighted by Gasteiger charge is -2.28. The fourth-order valence-electron chi connectivity index (χ4n) is 5.48. The summed E-state index contributed by atoms with van der Waals surface area (Å²) < 4.78 is 6.37. The molecule has 0 aliphatic heterocycles. The number of rotatable bonds is 10. The number of aliphatic carboxylic acids is 1. The summed E-state index contributed by atoms with van der Waals surface area (Å²) in [6.45, 7) is -0.411. The molecule has 4 aromatic rings. The van der Waals surface area contributed by atoms with Crippen LogP contribution >= 0.6 is 11.3 Å². The minimum Gasteiger partial charge on any atom is -0.480 e. The molecule has 5 N–H and O–H groups in total. The average molecular weight is 628 g/mol. The monoisotopic (exact) mass is 627 g/mol. The van der Waals surface area contributed by atoms with Gasteiger partial charge in [0.15, 0.2) is 5.96 Å². The number of hydrogen-bond acceptors (Lipinski definition) is 8. The Morgan fingerprint density at radius 2 is 1.84 bits per heavy atom. The molecule has 45 heavy (non-hydrogen) atoms. The predicted molar refractivity (Wildman–Crippen MR) is 169 cm³/mol. The molecular formula is C32H29N5O7S. The molecule has 12 nitrogen and oxygen atoms in total. The molecule has 1 atom stereocenters. The van der Waals surface area contributed by atoms with Crippen molar-refractivity contribution in [1.29, 1.82) is 5.41 Å². The maximum Gasteiger partial charge on any atom is 0.343 e. The Kier molecular flexibility index (Phi) is 9.28. The van der Waals surface area contributed by atoms with Gasteiger partial charge >= 0.3 is 17.8 Å². The first-order chi connectivity index (χ1) is 21.6. The number of nitroso groups, excluding NO2 is 1. The van der Waals surface area contributed by atoms with E-state index in [-0.39, 0.29) is 35.6 Å². The summed E-state index contributed by atoms with van der Waals surface area (Å²) >= 11 is 1.14. The van der Waals surface area contributed by atoms with E-state index in [1.807, 2.05) is 6.07 Å². The molecule has 13 heteroatoms. The minimum atomic E-state index is -1.13. The fourth-order valence-corrected chi connectivity index (χ4v) is 6.39. The summed E-state index contributed by atoms with van der Waals surface area (Å²) in [5.74, 6) is -2.80. The van der Waals surface area contributed by atoms with E-state index < -0.39 is 24.4 Å². The number of hydrogen-bond donors (Lipinski definition) is 4. The van der Waals surface area contributed by atoms with Crippen molar-refractivity contribution in [3.05, 3.63) is 98.8 Å². The molecule has 1 heterocycles. The molecule has 230 valence electrons. The van der Waals surface area contributed by atoms with E-state index in [2.05, 4.69) is 10.5 Å². The van der Waals surface area contributed by atoms with Crippen molar-refractivity contribution >= 4 is 56.8 Å². The van der Waals surface area contributed by atoms with Gasteiger partial charge in [-0.3, -0.25) is 19.8 Å². The standard InChI is InChI=1S/C32H29N5O7S/c33-32(34)35-23-7-5-19(6-8-23)31(42)44-24-9-10-25-20(13-24)2-1-3-21(25)15-28(38)37(17-29(39)40)16-18-4-11-26-22(12-18)14-27(45-26)30(41)36-43/h4-14,21H,1-3,15-17H2,(H,39,40)(H4,33,34,35). The van der Waals surface area contributed by atoms with Crippen LogP contribution in [0.1, 0.15) is 61.9 Å². The van der Waals surface area contributed by atoms with Crippen molar-refractivity contribution in [2.45, 2.75) is 38.1 Å². The molecule has 0 bridgehead atoms. The van der Waals surface area contributed by atoms with Crippen LogP contribution in [-0.2, 0) is 22.6 Å². The normalized spacial score (nSPS) is 13.8. The molecule has 0 radical (unpaired) electrons. The zero-order valence-corrected chi connectivity index (χ0v) is 24.8. The summed E-state index contributed by atoms with van der Waals surface area (Å²) in [6, 6.07) is 18.6. The van der Waals surface area contributed by atoms with Crippen molar-refractivity contribution in [2.24, 2.45) is 10.9 Å². The van der Waals surface area contributed by atoms with Gasteiger partial charge in [0.1, 0.15) is 12.3 Å². The quantitative estimate of drug-likeness (QED) is 0.0597. The molecule has 0 fully saturated rings. The summed E-state index contributed by atoms with van der Waals surface area (Å²) in [5, 5.41) is 22.6. The number of thiophene rings is 1. The smallest absolute Gasteiger partial charge is 0.343 e. The number of ether oxygens (including phenoxy) is 1. The van der Waals surface area contributed by atoms with Gasteiger partial charge in [-0.05, 0) is 102 Å². The number of carboxylic acid groups (broad SMARTS) is 1. The van der Waals surface area contributed by atoms with E-state index in [9.17, 15) is 29.2 Å². The van der Waals surface area contributed by atoms with Crippen molar-refractivity contribution in [3.63, 3.8) is 0 Å². The van der Waals surface area contributed by atoms with E-state index in [1.54, 1.807) is 60.7 Å². The topological polar surface area (TPSA) is 192 Å². The van der Waals surface area contributed by atoms with Gasteiger partial charge in [-0.25, -0.2) is 4.79 Å². The van der Waals surface area contributed by atoms with Crippen LogP contribution in [0.4, 0.5) is 5.69 Å². The highest BCUT2D eigenvalue weighted by Gasteiger charge is 2.27. The number of amides is 2. The molecule has 0 spiro atoms. The lowest BCUT2D eigenvalue weighted by Crippen LogP contribution is -2.36. The number of guanidine groups is 1. The lowest BCUT2D eigenvalue weighted by molar-refractivity contribution is -0.145. The van der Waals surface area contributed by atoms with Crippen molar-refractivity contribution in [1.82, 2.24) is 4.90 Å². The zero-order chi connectivity index (χ0) is 32.1. The van der Waals surface area contributed by atoms with Gasteiger partial charge in [0.2, 0.25) is 5.91 Å². The Hall–Kier alpha value is -5.43. The highest BCUT2D eigenvalue weighted by atomic mass is 32.1. The number of carbonyl (C=O) groups excluding carboxylic acids is 3. The molecule has 3 aromatic carbocycles. The number of aryl methyl sites for hydroxylation is 1. The van der Waals surface area contributed by atoms with Crippen LogP contribution in [0, 0.1) is 10.3 Å². The van der Waals surface area contributed by atoms with Crippen LogP contribution in [0.2, 0.25) is 0 Å². The van der Waals surface area contributed by atoms with Gasteiger partial charge in [0.25, 0.3) is 0 Å². The number of fused-ring (bicyclic) bond motifs is 2. The van der Waals surface area contributed by atoms with E-state index in [1.165, 1.54) is 4.90 Å². The van der Waals surface area contributed by atoms with E-state index in [0.29, 0.717) is 28.0 Å². The van der Waals surface area contributed by atoms with Crippen LogP contribution in [0.5, 0.6) is 5.75 Å². The van der Waals surface area contributed by atoms with E-state index in [0.717, 1.165) is 46.4 Å². The highest BCUT2D eigenvalue weighted by Crippen LogP contribution is 2.37. The maximum absolute atomic E-state index is 13.5. The third-order valence-electron chi connectivity index (χ3n) is 7.51. The van der Waals surface area contributed by atoms with Crippen LogP contribution in [0.25, 0.3) is 10.1 Å². The molecule has 0 saturated heterocycles. The largest absolute Gasteiger partial charge is 0.480 e. The predicted octanol–water partition coefficient (Wildman–Crippen LogP) is 5.26. The van der Waals surface area contributed by atoms with Crippen molar-refractivity contribution in [2.75, 3.05) is 11.9 Å². The highest BCUT2D eigenvalue weighted by molar-refractivity contribution is 7.20. The number of benzene rings is 3. The Morgan fingerprint density at radius 3 is 2.56 bits per heavy atom. The summed E-state index contributed by atoms with van der Waals surface area (Å²) in [4.78, 5) is 61.7. The molecule has 5 rings (SSSR count). The van der Waals surface area contributed by atoms with Crippen LogP contribution in [0.3, 0.4) is 0 Å². The number of anilines is 1. The van der Waals surface area contributed by atoms with Gasteiger partial charge in [0, 0.05) is 28.5 Å². The summed E-state index contributed by atoms with van der Waals surface area (Å²) in [5.41, 5.74) is 8.84. The molecule has 1 unspecified atom stereocenters. The number of carbonyl (C=O) groups is 4. The van der Waals surface area contributed by atoms with Gasteiger partial charge in [-0.15, -0.1) is 16.2 Å². The second kappa shape index (κ2) is 13.5. The second-order valence-corrected chi connectivity index (χ2v) is 11.8. The first-order valence-corrected chi connectivity index (χ1v) is 14.9. The Morgan fingerprint density at radius 1 is 1.07 bits per heavy atom. The van der Waals surface area contributed by atoms with E-state index >= 15 is 0 Å². The van der Waals surface area contributed by atoms with Crippen LogP contribution in [0.15, 0.2) is 71.9 Å². The zero-order valence-electron chi connectivity index (χ0n) is 23.9. The number of esters is 1.